The molecule has 88 valence electrons. The Balaban J connectivity index is 1.99. The fourth-order valence-electron chi connectivity index (χ4n) is 2.61. The van der Waals surface area contributed by atoms with Crippen molar-refractivity contribution in [2.45, 2.75) is 57.3 Å². The molecule has 0 aromatic carbocycles. The van der Waals surface area contributed by atoms with Crippen LogP contribution in [0.4, 0.5) is 0 Å². The average molecular weight is 214 g/mol. The molecule has 0 spiro atoms. The van der Waals surface area contributed by atoms with Crippen molar-refractivity contribution in [3.63, 3.8) is 0 Å². The third-order valence-corrected chi connectivity index (χ3v) is 4.02. The van der Waals surface area contributed by atoms with Gasteiger partial charge in [0.05, 0.1) is 23.9 Å². The van der Waals surface area contributed by atoms with Gasteiger partial charge in [0.2, 0.25) is 0 Å². The Bertz CT molecular complexity index is 233. The van der Waals surface area contributed by atoms with Crippen LogP contribution in [0.5, 0.6) is 0 Å². The zero-order valence-corrected chi connectivity index (χ0v) is 9.95. The maximum Gasteiger partial charge on any atom is 0.0917 e. The summed E-state index contributed by atoms with van der Waals surface area (Å²) >= 11 is 0. The maximum absolute atomic E-state index is 10.2. The van der Waals surface area contributed by atoms with Crippen molar-refractivity contribution in [1.82, 2.24) is 0 Å². The number of hydrogen-bond donors (Lipinski definition) is 1. The first-order valence-electron chi connectivity index (χ1n) is 5.96. The molecule has 1 heterocycles. The van der Waals surface area contributed by atoms with Crippen LogP contribution < -0.4 is 0 Å². The summed E-state index contributed by atoms with van der Waals surface area (Å²) in [4.78, 5) is 0. The minimum atomic E-state index is -0.655. The van der Waals surface area contributed by atoms with Crippen LogP contribution in [0.15, 0.2) is 0 Å². The first-order chi connectivity index (χ1) is 6.98. The van der Waals surface area contributed by atoms with E-state index in [1.54, 1.807) is 0 Å². The fourth-order valence-corrected chi connectivity index (χ4v) is 2.61. The van der Waals surface area contributed by atoms with E-state index in [1.165, 1.54) is 0 Å². The zero-order chi connectivity index (χ0) is 11.1. The first-order valence-corrected chi connectivity index (χ1v) is 5.96. The van der Waals surface area contributed by atoms with E-state index in [0.717, 1.165) is 25.9 Å². The molecule has 1 aliphatic heterocycles. The summed E-state index contributed by atoms with van der Waals surface area (Å²) in [6.07, 6.45) is 2.77. The minimum absolute atomic E-state index is 0.0257. The van der Waals surface area contributed by atoms with Gasteiger partial charge in [-0.05, 0) is 46.0 Å². The number of hydrogen-bond acceptors (Lipinski definition) is 3. The van der Waals surface area contributed by atoms with Crippen LogP contribution in [0.3, 0.4) is 0 Å². The van der Waals surface area contributed by atoms with Crippen LogP contribution >= 0.6 is 0 Å². The molecule has 0 radical (unpaired) electrons. The van der Waals surface area contributed by atoms with Crippen LogP contribution in [0, 0.1) is 5.92 Å². The first kappa shape index (κ1) is 11.4. The van der Waals surface area contributed by atoms with E-state index in [2.05, 4.69) is 6.92 Å². The molecule has 2 unspecified atom stereocenters. The second kappa shape index (κ2) is 3.72. The lowest BCUT2D eigenvalue weighted by atomic mass is 9.73. The molecule has 1 saturated carbocycles. The van der Waals surface area contributed by atoms with Crippen LogP contribution in [0.25, 0.3) is 0 Å². The summed E-state index contributed by atoms with van der Waals surface area (Å²) in [5, 5.41) is 10.2. The molecule has 15 heavy (non-hydrogen) atoms. The van der Waals surface area contributed by atoms with E-state index < -0.39 is 5.60 Å². The molecule has 1 aliphatic carbocycles. The Hall–Kier alpha value is -0.120. The van der Waals surface area contributed by atoms with Crippen LogP contribution in [0.1, 0.15) is 40.0 Å². The third kappa shape index (κ3) is 2.19. The van der Waals surface area contributed by atoms with Crippen molar-refractivity contribution < 1.29 is 14.6 Å². The Morgan fingerprint density at radius 3 is 2.67 bits per heavy atom. The van der Waals surface area contributed by atoms with Gasteiger partial charge in [0, 0.05) is 6.61 Å². The van der Waals surface area contributed by atoms with Gasteiger partial charge >= 0.3 is 0 Å². The fraction of sp³-hybridized carbons (Fsp3) is 1.00. The average Bonchev–Trinajstić information content (AvgIpc) is 2.89. The topological polar surface area (TPSA) is 42.0 Å². The second-order valence-electron chi connectivity index (χ2n) is 5.37. The van der Waals surface area contributed by atoms with Gasteiger partial charge in [-0.15, -0.1) is 0 Å². The van der Waals surface area contributed by atoms with Gasteiger partial charge in [-0.3, -0.25) is 0 Å². The minimum Gasteiger partial charge on any atom is -0.387 e. The number of epoxide rings is 1. The van der Waals surface area contributed by atoms with E-state index >= 15 is 0 Å². The standard InChI is InChI=1S/C12H22O3/c1-4-14-10-7-9(12(3)8-15-12)5-6-11(10,2)13/h9-10,13H,4-8H2,1-3H3/t9-,10+,11?,12?/m1/s1. The van der Waals surface area contributed by atoms with Crippen molar-refractivity contribution in [1.29, 1.82) is 0 Å². The van der Waals surface area contributed by atoms with Crippen LogP contribution in [0.2, 0.25) is 0 Å². The molecule has 0 bridgehead atoms. The molecule has 1 saturated heterocycles. The molecule has 2 aliphatic rings. The second-order valence-corrected chi connectivity index (χ2v) is 5.37. The molecule has 3 nitrogen and oxygen atoms in total. The van der Waals surface area contributed by atoms with Gasteiger partial charge < -0.3 is 14.6 Å². The Kier molecular flexibility index (Phi) is 2.82. The molecular formula is C12H22O3. The molecule has 2 fully saturated rings. The lowest BCUT2D eigenvalue weighted by Crippen LogP contribution is -2.48. The smallest absolute Gasteiger partial charge is 0.0917 e. The van der Waals surface area contributed by atoms with Gasteiger partial charge in [-0.1, -0.05) is 0 Å². The van der Waals surface area contributed by atoms with Crippen LogP contribution in [-0.2, 0) is 9.47 Å². The van der Waals surface area contributed by atoms with Gasteiger partial charge in [0.1, 0.15) is 0 Å². The third-order valence-electron chi connectivity index (χ3n) is 4.02. The van der Waals surface area contributed by atoms with E-state index in [4.69, 9.17) is 9.47 Å². The summed E-state index contributed by atoms with van der Waals surface area (Å²) in [6, 6.07) is 0. The van der Waals surface area contributed by atoms with Crippen molar-refractivity contribution >= 4 is 0 Å². The quantitative estimate of drug-likeness (QED) is 0.727. The van der Waals surface area contributed by atoms with E-state index in [-0.39, 0.29) is 11.7 Å². The predicted octanol–water partition coefficient (Wildman–Crippen LogP) is 1.73. The Labute approximate surface area is 91.8 Å². The van der Waals surface area contributed by atoms with Crippen LogP contribution in [-0.4, -0.2) is 35.6 Å². The number of rotatable bonds is 3. The molecular weight excluding hydrogens is 192 g/mol. The Morgan fingerprint density at radius 2 is 2.13 bits per heavy atom. The van der Waals surface area contributed by atoms with Crippen molar-refractivity contribution in [3.05, 3.63) is 0 Å². The highest BCUT2D eigenvalue weighted by molar-refractivity contribution is 5.01. The monoisotopic (exact) mass is 214 g/mol. The lowest BCUT2D eigenvalue weighted by Gasteiger charge is -2.41. The Morgan fingerprint density at radius 1 is 1.47 bits per heavy atom. The highest BCUT2D eigenvalue weighted by Gasteiger charge is 2.52. The van der Waals surface area contributed by atoms with Gasteiger partial charge in [0.15, 0.2) is 0 Å². The molecule has 0 aromatic rings. The predicted molar refractivity (Wildman–Crippen MR) is 57.7 cm³/mol. The summed E-state index contributed by atoms with van der Waals surface area (Å²) < 4.78 is 11.1. The molecule has 0 amide bonds. The highest BCUT2D eigenvalue weighted by atomic mass is 16.6. The van der Waals surface area contributed by atoms with Gasteiger partial charge in [-0.2, -0.15) is 0 Å². The summed E-state index contributed by atoms with van der Waals surface area (Å²) in [5.74, 6) is 0.550. The number of aliphatic hydroxyl groups is 1. The SMILES string of the molecule is CCO[C@H]1C[C@H](C2(C)CO2)CCC1(C)O. The van der Waals surface area contributed by atoms with Crippen molar-refractivity contribution in [2.24, 2.45) is 5.92 Å². The molecule has 3 heteroatoms. The number of ether oxygens (including phenoxy) is 2. The molecule has 4 atom stereocenters. The van der Waals surface area contributed by atoms with Gasteiger partial charge in [0.25, 0.3) is 0 Å². The highest BCUT2D eigenvalue weighted by Crippen LogP contribution is 2.45. The summed E-state index contributed by atoms with van der Waals surface area (Å²) in [5.41, 5.74) is -0.580. The van der Waals surface area contributed by atoms with Crippen molar-refractivity contribution in [3.8, 4) is 0 Å². The van der Waals surface area contributed by atoms with Gasteiger partial charge in [-0.25, -0.2) is 0 Å². The normalized spacial score (nSPS) is 50.4. The lowest BCUT2D eigenvalue weighted by molar-refractivity contribution is -0.134. The van der Waals surface area contributed by atoms with E-state index in [1.807, 2.05) is 13.8 Å². The summed E-state index contributed by atoms with van der Waals surface area (Å²) in [6.45, 7) is 7.58. The molecule has 0 aromatic heterocycles. The van der Waals surface area contributed by atoms with E-state index in [0.29, 0.717) is 12.5 Å². The van der Waals surface area contributed by atoms with E-state index in [9.17, 15) is 5.11 Å². The molecule has 1 N–H and O–H groups in total. The van der Waals surface area contributed by atoms with Crippen molar-refractivity contribution in [2.75, 3.05) is 13.2 Å². The molecule has 2 rings (SSSR count). The summed E-state index contributed by atoms with van der Waals surface area (Å²) in [7, 11) is 0. The maximum atomic E-state index is 10.2. The zero-order valence-electron chi connectivity index (χ0n) is 9.95. The largest absolute Gasteiger partial charge is 0.387 e.